The van der Waals surface area contributed by atoms with E-state index in [1.54, 1.807) is 6.92 Å². The number of urea groups is 1. The molecule has 2 amide bonds. The number of aromatic nitrogens is 2. The van der Waals surface area contributed by atoms with Crippen LogP contribution in [0.4, 0.5) is 4.79 Å². The zero-order chi connectivity index (χ0) is 20.5. The normalized spacial score (nSPS) is 11.7. The average molecular weight is 386 g/mol. The summed E-state index contributed by atoms with van der Waals surface area (Å²) >= 11 is 0. The highest BCUT2D eigenvalue weighted by atomic mass is 16.5. The predicted octanol–water partition coefficient (Wildman–Crippen LogP) is 3.06. The number of nitrogens with one attached hydrogen (secondary N) is 2. The van der Waals surface area contributed by atoms with E-state index in [2.05, 4.69) is 22.7 Å². The topological polar surface area (TPSA) is 85.2 Å². The van der Waals surface area contributed by atoms with Gasteiger partial charge in [-0.15, -0.1) is 0 Å². The van der Waals surface area contributed by atoms with E-state index in [1.165, 1.54) is 0 Å². The van der Waals surface area contributed by atoms with Crippen molar-refractivity contribution in [2.45, 2.75) is 53.1 Å². The molecule has 1 aromatic carbocycles. The molecular formula is C21H30N4O3. The van der Waals surface area contributed by atoms with Crippen molar-refractivity contribution in [2.75, 3.05) is 13.2 Å². The van der Waals surface area contributed by atoms with E-state index in [0.717, 1.165) is 29.1 Å². The molecule has 1 unspecified atom stereocenters. The number of hydrogen-bond donors (Lipinski definition) is 2. The van der Waals surface area contributed by atoms with Crippen LogP contribution in [-0.4, -0.2) is 34.9 Å². The molecule has 7 heteroatoms. The smallest absolute Gasteiger partial charge is 0.315 e. The highest BCUT2D eigenvalue weighted by Crippen LogP contribution is 2.17. The Balaban J connectivity index is 1.94. The van der Waals surface area contributed by atoms with Gasteiger partial charge in [-0.05, 0) is 45.2 Å². The highest BCUT2D eigenvalue weighted by molar-refractivity contribution is 5.76. The van der Waals surface area contributed by atoms with Crippen molar-refractivity contribution in [1.82, 2.24) is 20.4 Å². The molecule has 0 spiro atoms. The van der Waals surface area contributed by atoms with Crippen molar-refractivity contribution in [3.63, 3.8) is 0 Å². The van der Waals surface area contributed by atoms with Crippen molar-refractivity contribution in [2.24, 2.45) is 0 Å². The molecule has 1 aromatic heterocycles. The van der Waals surface area contributed by atoms with Gasteiger partial charge in [0.05, 0.1) is 24.8 Å². The number of benzene rings is 1. The van der Waals surface area contributed by atoms with Crippen LogP contribution in [0.2, 0.25) is 0 Å². The molecule has 152 valence electrons. The summed E-state index contributed by atoms with van der Waals surface area (Å²) in [4.78, 5) is 24.3. The monoisotopic (exact) mass is 386 g/mol. The molecule has 0 bridgehead atoms. The van der Waals surface area contributed by atoms with Crippen LogP contribution in [0.5, 0.6) is 0 Å². The molecule has 28 heavy (non-hydrogen) atoms. The number of carbonyl (C=O) groups excluding carboxylic acids is 2. The minimum Gasteiger partial charge on any atom is -0.466 e. The molecule has 2 rings (SSSR count). The second kappa shape index (κ2) is 10.5. The summed E-state index contributed by atoms with van der Waals surface area (Å²) in [6.07, 6.45) is 0.797. The maximum atomic E-state index is 12.4. The molecule has 0 fully saturated rings. The molecule has 2 N–H and O–H groups in total. The number of hydrogen-bond acceptors (Lipinski definition) is 4. The first-order valence-corrected chi connectivity index (χ1v) is 9.74. The van der Waals surface area contributed by atoms with Crippen LogP contribution in [-0.2, 0) is 22.5 Å². The van der Waals surface area contributed by atoms with E-state index >= 15 is 0 Å². The molecule has 0 aliphatic rings. The molecule has 7 nitrogen and oxygen atoms in total. The first-order chi connectivity index (χ1) is 13.5. The van der Waals surface area contributed by atoms with E-state index in [0.29, 0.717) is 19.6 Å². The fourth-order valence-corrected chi connectivity index (χ4v) is 3.24. The van der Waals surface area contributed by atoms with Gasteiger partial charge in [0.2, 0.25) is 0 Å². The van der Waals surface area contributed by atoms with Gasteiger partial charge in [-0.25, -0.2) is 4.79 Å². The molecule has 1 heterocycles. The maximum Gasteiger partial charge on any atom is 0.315 e. The number of aryl methyl sites for hydroxylation is 2. The van der Waals surface area contributed by atoms with Gasteiger partial charge in [0.1, 0.15) is 0 Å². The van der Waals surface area contributed by atoms with Gasteiger partial charge >= 0.3 is 12.0 Å². The Kier molecular flexibility index (Phi) is 8.04. The van der Waals surface area contributed by atoms with Crippen molar-refractivity contribution < 1.29 is 14.3 Å². The van der Waals surface area contributed by atoms with Crippen LogP contribution >= 0.6 is 0 Å². The number of esters is 1. The molecular weight excluding hydrogens is 356 g/mol. The molecule has 0 saturated carbocycles. The first kappa shape index (κ1) is 21.5. The Morgan fingerprint density at radius 1 is 1.18 bits per heavy atom. The Bertz CT molecular complexity index is 786. The fourth-order valence-electron chi connectivity index (χ4n) is 3.24. The van der Waals surface area contributed by atoms with Crippen LogP contribution < -0.4 is 10.6 Å². The lowest BCUT2D eigenvalue weighted by atomic mass is 10.0. The minimum atomic E-state index is -0.438. The van der Waals surface area contributed by atoms with Crippen molar-refractivity contribution in [1.29, 1.82) is 0 Å². The lowest BCUT2D eigenvalue weighted by molar-refractivity contribution is -0.143. The van der Waals surface area contributed by atoms with E-state index in [4.69, 9.17) is 4.74 Å². The van der Waals surface area contributed by atoms with Gasteiger partial charge in [-0.2, -0.15) is 5.10 Å². The summed E-state index contributed by atoms with van der Waals surface area (Å²) in [6, 6.07) is 8.68. The highest BCUT2D eigenvalue weighted by Gasteiger charge is 2.19. The van der Waals surface area contributed by atoms with Gasteiger partial charge in [-0.1, -0.05) is 30.3 Å². The number of nitrogens with zero attached hydrogens (tertiary/aromatic N) is 2. The largest absolute Gasteiger partial charge is 0.466 e. The quantitative estimate of drug-likeness (QED) is 0.649. The summed E-state index contributed by atoms with van der Waals surface area (Å²) in [7, 11) is 0. The fraction of sp³-hybridized carbons (Fsp3) is 0.476. The number of amides is 2. The van der Waals surface area contributed by atoms with Crippen molar-refractivity contribution in [3.8, 4) is 0 Å². The second-order valence-corrected chi connectivity index (χ2v) is 6.59. The van der Waals surface area contributed by atoms with Crippen LogP contribution in [0, 0.1) is 13.8 Å². The van der Waals surface area contributed by atoms with E-state index in [9.17, 15) is 9.59 Å². The molecule has 2 aromatic rings. The summed E-state index contributed by atoms with van der Waals surface area (Å²) < 4.78 is 7.00. The van der Waals surface area contributed by atoms with Gasteiger partial charge in [0.25, 0.3) is 0 Å². The lowest BCUT2D eigenvalue weighted by Gasteiger charge is -2.19. The summed E-state index contributed by atoms with van der Waals surface area (Å²) in [5.41, 5.74) is 4.15. The summed E-state index contributed by atoms with van der Waals surface area (Å²) in [5.74, 6) is -0.338. The standard InChI is InChI=1S/C21H30N4O3/c1-5-25-16(4)18(15(3)24-25)12-13-22-21(27)23-19(14-20(26)28-6-2)17-10-8-7-9-11-17/h7-11,19H,5-6,12-14H2,1-4H3,(H2,22,23,27). The van der Waals surface area contributed by atoms with Crippen LogP contribution in [0.1, 0.15) is 48.8 Å². The molecule has 1 atom stereocenters. The number of carbonyl (C=O) groups is 2. The lowest BCUT2D eigenvalue weighted by Crippen LogP contribution is -2.39. The summed E-state index contributed by atoms with van der Waals surface area (Å²) in [6.45, 7) is 9.49. The third-order valence-corrected chi connectivity index (χ3v) is 4.67. The van der Waals surface area contributed by atoms with Gasteiger partial charge < -0.3 is 15.4 Å². The van der Waals surface area contributed by atoms with Gasteiger partial charge in [0.15, 0.2) is 0 Å². The minimum absolute atomic E-state index is 0.0900. The average Bonchev–Trinajstić information content (AvgIpc) is 2.96. The Labute approximate surface area is 166 Å². The van der Waals surface area contributed by atoms with E-state index < -0.39 is 6.04 Å². The van der Waals surface area contributed by atoms with Gasteiger partial charge in [-0.3, -0.25) is 9.48 Å². The van der Waals surface area contributed by atoms with Gasteiger partial charge in [0, 0.05) is 18.8 Å². The second-order valence-electron chi connectivity index (χ2n) is 6.59. The summed E-state index contributed by atoms with van der Waals surface area (Å²) in [5, 5.41) is 10.3. The van der Waals surface area contributed by atoms with Crippen molar-refractivity contribution >= 4 is 12.0 Å². The van der Waals surface area contributed by atoms with Crippen LogP contribution in [0.3, 0.4) is 0 Å². The van der Waals surface area contributed by atoms with E-state index in [1.807, 2.05) is 48.9 Å². The Morgan fingerprint density at radius 3 is 2.50 bits per heavy atom. The Morgan fingerprint density at radius 2 is 1.89 bits per heavy atom. The van der Waals surface area contributed by atoms with Crippen LogP contribution in [0.25, 0.3) is 0 Å². The van der Waals surface area contributed by atoms with Crippen LogP contribution in [0.15, 0.2) is 30.3 Å². The zero-order valence-corrected chi connectivity index (χ0v) is 17.1. The first-order valence-electron chi connectivity index (χ1n) is 9.74. The molecule has 0 aliphatic heterocycles. The SMILES string of the molecule is CCOC(=O)CC(NC(=O)NCCc1c(C)nn(CC)c1C)c1ccccc1. The van der Waals surface area contributed by atoms with Crippen molar-refractivity contribution in [3.05, 3.63) is 52.8 Å². The molecule has 0 saturated heterocycles. The maximum absolute atomic E-state index is 12.4. The predicted molar refractivity (Wildman–Crippen MR) is 108 cm³/mol. The Hall–Kier alpha value is -2.83. The zero-order valence-electron chi connectivity index (χ0n) is 17.1. The number of rotatable bonds is 9. The third kappa shape index (κ3) is 5.84. The van der Waals surface area contributed by atoms with E-state index in [-0.39, 0.29) is 18.4 Å². The third-order valence-electron chi connectivity index (χ3n) is 4.67. The molecule has 0 radical (unpaired) electrons. The molecule has 0 aliphatic carbocycles. The number of ether oxygens (including phenoxy) is 1.